The molecular weight excluding hydrogens is 264 g/mol. The molecule has 1 fully saturated rings. The molecule has 0 bridgehead atoms. The van der Waals surface area contributed by atoms with Crippen molar-refractivity contribution in [1.82, 2.24) is 0 Å². The van der Waals surface area contributed by atoms with Crippen molar-refractivity contribution in [3.05, 3.63) is 23.3 Å². The number of esters is 1. The van der Waals surface area contributed by atoms with E-state index in [1.165, 1.54) is 25.5 Å². The van der Waals surface area contributed by atoms with E-state index in [0.717, 1.165) is 37.7 Å². The van der Waals surface area contributed by atoms with Gasteiger partial charge in [-0.25, -0.2) is 4.79 Å². The number of carbonyl (C=O) groups excluding carboxylic acids is 1. The van der Waals surface area contributed by atoms with Gasteiger partial charge in [0, 0.05) is 6.08 Å². The fraction of sp³-hybridized carbons (Fsp3) is 0.722. The maximum Gasteiger partial charge on any atom is 0.330 e. The summed E-state index contributed by atoms with van der Waals surface area (Å²) >= 11 is 0. The van der Waals surface area contributed by atoms with E-state index >= 15 is 0 Å². The van der Waals surface area contributed by atoms with Crippen LogP contribution in [0.4, 0.5) is 0 Å². The fourth-order valence-corrected chi connectivity index (χ4v) is 2.56. The van der Waals surface area contributed by atoms with Crippen LogP contribution in [0, 0.1) is 0 Å². The molecule has 2 unspecified atom stereocenters. The average molecular weight is 294 g/mol. The molecule has 3 heteroatoms. The Balaban J connectivity index is 2.26. The lowest BCUT2D eigenvalue weighted by Crippen LogP contribution is -1.96. The standard InChI is InChI=1S/C18H30O3/c1-5-8-16-17(21-16)12-11-15(6-2)10-7-9-14(3)13-18(19)20-4/h10,13,16-17H,5-9,11-12H2,1-4H3/b14-13+,15-10+. The van der Waals surface area contributed by atoms with Gasteiger partial charge in [0.2, 0.25) is 0 Å². The van der Waals surface area contributed by atoms with Gasteiger partial charge in [0.05, 0.1) is 19.3 Å². The number of ether oxygens (including phenoxy) is 2. The lowest BCUT2D eigenvalue weighted by atomic mass is 10.0. The summed E-state index contributed by atoms with van der Waals surface area (Å²) in [7, 11) is 1.41. The molecule has 0 amide bonds. The summed E-state index contributed by atoms with van der Waals surface area (Å²) in [4.78, 5) is 11.1. The molecule has 0 saturated carbocycles. The number of allylic oxidation sites excluding steroid dienone is 3. The van der Waals surface area contributed by atoms with Gasteiger partial charge in [-0.05, 0) is 45.4 Å². The Morgan fingerprint density at radius 1 is 1.19 bits per heavy atom. The van der Waals surface area contributed by atoms with Crippen molar-refractivity contribution in [3.8, 4) is 0 Å². The number of hydrogen-bond donors (Lipinski definition) is 0. The summed E-state index contributed by atoms with van der Waals surface area (Å²) in [6, 6.07) is 0. The highest BCUT2D eigenvalue weighted by molar-refractivity contribution is 5.82. The summed E-state index contributed by atoms with van der Waals surface area (Å²) < 4.78 is 10.3. The maximum absolute atomic E-state index is 11.1. The van der Waals surface area contributed by atoms with Crippen LogP contribution in [0.2, 0.25) is 0 Å². The molecule has 0 aromatic carbocycles. The molecule has 1 aliphatic heterocycles. The number of hydrogen-bond acceptors (Lipinski definition) is 3. The van der Waals surface area contributed by atoms with E-state index in [0.29, 0.717) is 12.2 Å². The predicted octanol–water partition coefficient (Wildman–Crippen LogP) is 4.57. The Morgan fingerprint density at radius 3 is 2.52 bits per heavy atom. The molecular formula is C18H30O3. The van der Waals surface area contributed by atoms with Gasteiger partial charge in [-0.15, -0.1) is 0 Å². The predicted molar refractivity (Wildman–Crippen MR) is 86.2 cm³/mol. The van der Waals surface area contributed by atoms with Crippen molar-refractivity contribution >= 4 is 5.97 Å². The fourth-order valence-electron chi connectivity index (χ4n) is 2.56. The van der Waals surface area contributed by atoms with Crippen LogP contribution in [-0.4, -0.2) is 25.3 Å². The van der Waals surface area contributed by atoms with Gasteiger partial charge < -0.3 is 9.47 Å². The Bertz CT molecular complexity index is 382. The second kappa shape index (κ2) is 9.78. The third-order valence-corrected chi connectivity index (χ3v) is 4.00. The normalized spacial score (nSPS) is 22.3. The zero-order valence-corrected chi connectivity index (χ0v) is 14.0. The average Bonchev–Trinajstić information content (AvgIpc) is 3.21. The largest absolute Gasteiger partial charge is 0.466 e. The third-order valence-electron chi connectivity index (χ3n) is 4.00. The zero-order chi connectivity index (χ0) is 15.7. The van der Waals surface area contributed by atoms with Gasteiger partial charge in [-0.3, -0.25) is 0 Å². The van der Waals surface area contributed by atoms with Gasteiger partial charge >= 0.3 is 5.97 Å². The van der Waals surface area contributed by atoms with E-state index in [1.54, 1.807) is 6.08 Å². The minimum absolute atomic E-state index is 0.264. The Morgan fingerprint density at radius 2 is 1.90 bits per heavy atom. The van der Waals surface area contributed by atoms with Gasteiger partial charge in [0.15, 0.2) is 0 Å². The van der Waals surface area contributed by atoms with Crippen molar-refractivity contribution in [2.24, 2.45) is 0 Å². The Hall–Kier alpha value is -1.09. The Labute approximate surface area is 129 Å². The van der Waals surface area contributed by atoms with Crippen LogP contribution in [0.5, 0.6) is 0 Å². The molecule has 0 aromatic rings. The lowest BCUT2D eigenvalue weighted by molar-refractivity contribution is -0.134. The van der Waals surface area contributed by atoms with E-state index in [2.05, 4.69) is 24.7 Å². The molecule has 0 aliphatic carbocycles. The second-order valence-electron chi connectivity index (χ2n) is 5.81. The minimum atomic E-state index is -0.264. The molecule has 0 radical (unpaired) electrons. The Kier molecular flexibility index (Phi) is 8.36. The molecule has 120 valence electrons. The third kappa shape index (κ3) is 7.47. The molecule has 0 spiro atoms. The molecule has 1 aliphatic rings. The van der Waals surface area contributed by atoms with Crippen LogP contribution < -0.4 is 0 Å². The number of carbonyl (C=O) groups is 1. The molecule has 1 rings (SSSR count). The number of rotatable bonds is 10. The maximum atomic E-state index is 11.1. The molecule has 1 heterocycles. The van der Waals surface area contributed by atoms with Crippen LogP contribution >= 0.6 is 0 Å². The quantitative estimate of drug-likeness (QED) is 0.256. The molecule has 2 atom stereocenters. The highest BCUT2D eigenvalue weighted by Crippen LogP contribution is 2.31. The van der Waals surface area contributed by atoms with E-state index < -0.39 is 0 Å². The topological polar surface area (TPSA) is 38.8 Å². The van der Waals surface area contributed by atoms with E-state index in [1.807, 2.05) is 6.92 Å². The van der Waals surface area contributed by atoms with Gasteiger partial charge in [-0.1, -0.05) is 37.5 Å². The second-order valence-corrected chi connectivity index (χ2v) is 5.81. The highest BCUT2D eigenvalue weighted by Gasteiger charge is 2.36. The van der Waals surface area contributed by atoms with E-state index in [9.17, 15) is 4.79 Å². The van der Waals surface area contributed by atoms with Crippen LogP contribution in [-0.2, 0) is 14.3 Å². The lowest BCUT2D eigenvalue weighted by Gasteiger charge is -2.04. The smallest absolute Gasteiger partial charge is 0.330 e. The molecule has 0 aromatic heterocycles. The van der Waals surface area contributed by atoms with Crippen LogP contribution in [0.15, 0.2) is 23.3 Å². The zero-order valence-electron chi connectivity index (χ0n) is 14.0. The van der Waals surface area contributed by atoms with Crippen molar-refractivity contribution in [3.63, 3.8) is 0 Å². The van der Waals surface area contributed by atoms with Crippen LogP contribution in [0.25, 0.3) is 0 Å². The van der Waals surface area contributed by atoms with Crippen LogP contribution in [0.3, 0.4) is 0 Å². The molecule has 1 saturated heterocycles. The summed E-state index contributed by atoms with van der Waals surface area (Å²) in [6.45, 7) is 6.39. The first-order valence-electron chi connectivity index (χ1n) is 8.19. The summed E-state index contributed by atoms with van der Waals surface area (Å²) in [6.07, 6.45) is 12.6. The number of methoxy groups -OCH3 is 1. The first kappa shape index (κ1) is 18.0. The van der Waals surface area contributed by atoms with Crippen molar-refractivity contribution < 1.29 is 14.3 Å². The monoisotopic (exact) mass is 294 g/mol. The minimum Gasteiger partial charge on any atom is -0.466 e. The van der Waals surface area contributed by atoms with Gasteiger partial charge in [0.1, 0.15) is 0 Å². The molecule has 0 N–H and O–H groups in total. The van der Waals surface area contributed by atoms with Crippen molar-refractivity contribution in [2.45, 2.75) is 77.9 Å². The van der Waals surface area contributed by atoms with Crippen LogP contribution in [0.1, 0.15) is 65.7 Å². The van der Waals surface area contributed by atoms with Crippen molar-refractivity contribution in [1.29, 1.82) is 0 Å². The summed E-state index contributed by atoms with van der Waals surface area (Å²) in [5.74, 6) is -0.264. The SMILES string of the molecule is CCCC1OC1CC/C(=C/CC/C(C)=C/C(=O)OC)CC. The first-order valence-corrected chi connectivity index (χ1v) is 8.19. The molecule has 3 nitrogen and oxygen atoms in total. The van der Waals surface area contributed by atoms with Gasteiger partial charge in [0.25, 0.3) is 0 Å². The number of epoxide rings is 1. The highest BCUT2D eigenvalue weighted by atomic mass is 16.6. The van der Waals surface area contributed by atoms with Crippen molar-refractivity contribution in [2.75, 3.05) is 7.11 Å². The van der Waals surface area contributed by atoms with E-state index in [-0.39, 0.29) is 5.97 Å². The summed E-state index contributed by atoms with van der Waals surface area (Å²) in [5.41, 5.74) is 2.58. The van der Waals surface area contributed by atoms with Gasteiger partial charge in [-0.2, -0.15) is 0 Å². The first-order chi connectivity index (χ1) is 10.1. The molecule has 21 heavy (non-hydrogen) atoms. The van der Waals surface area contributed by atoms with E-state index in [4.69, 9.17) is 4.74 Å². The summed E-state index contributed by atoms with van der Waals surface area (Å²) in [5, 5.41) is 0.